The summed E-state index contributed by atoms with van der Waals surface area (Å²) in [7, 11) is 0. The number of alkyl halides is 2. The van der Waals surface area contributed by atoms with Gasteiger partial charge in [-0.2, -0.15) is 8.78 Å². The Morgan fingerprint density at radius 2 is 1.90 bits per heavy atom. The van der Waals surface area contributed by atoms with Gasteiger partial charge in [-0.15, -0.1) is 0 Å². The van der Waals surface area contributed by atoms with Crippen molar-refractivity contribution in [2.75, 3.05) is 0 Å². The van der Waals surface area contributed by atoms with E-state index >= 15 is 0 Å². The van der Waals surface area contributed by atoms with Gasteiger partial charge in [0.05, 0.1) is 0 Å². The fourth-order valence-corrected chi connectivity index (χ4v) is 2.06. The van der Waals surface area contributed by atoms with Gasteiger partial charge in [0, 0.05) is 11.5 Å². The molecule has 1 aliphatic rings. The number of Topliss-reactive ketones (excluding diaryl/α,β-unsaturated/α-hetero) is 1. The van der Waals surface area contributed by atoms with E-state index in [0.29, 0.717) is 0 Å². The van der Waals surface area contributed by atoms with Crippen molar-refractivity contribution in [1.82, 2.24) is 0 Å². The number of rotatable bonds is 0. The number of halogens is 2. The third-order valence-electron chi connectivity index (χ3n) is 2.90. The molecule has 1 unspecified atom stereocenters. The van der Waals surface area contributed by atoms with Gasteiger partial charge in [0.25, 0.3) is 0 Å². The van der Waals surface area contributed by atoms with Gasteiger partial charge in [-0.05, 0) is 26.3 Å². The number of carbonyl (C=O) groups is 2. The molecule has 1 aromatic carbocycles. The van der Waals surface area contributed by atoms with Gasteiger partial charge in [0.15, 0.2) is 0 Å². The molecule has 2 rings (SSSR count). The monoisotopic (exact) mass is 292 g/mol. The van der Waals surface area contributed by atoms with Gasteiger partial charge in [-0.25, -0.2) is 4.79 Å². The standard InChI is InChI=1S/C16H14F2O3/c1-15(2,3)21-13(19)9-8-12-10-6-4-5-7-11(10)14(20)16(12,17)18/h4-7,12H,1-3H3. The molecule has 0 N–H and O–H groups in total. The van der Waals surface area contributed by atoms with Crippen molar-refractivity contribution >= 4 is 11.8 Å². The SMILES string of the molecule is CC(C)(C)OC(=O)C#CC1c2ccccc2C(=O)C1(F)F. The molecule has 110 valence electrons. The molecular formula is C16H14F2O3. The van der Waals surface area contributed by atoms with E-state index in [0.717, 1.165) is 0 Å². The van der Waals surface area contributed by atoms with E-state index in [2.05, 4.69) is 11.8 Å². The second kappa shape index (κ2) is 4.96. The predicted octanol–water partition coefficient (Wildman–Crippen LogP) is 2.95. The Kier molecular flexibility index (Phi) is 3.58. The first kappa shape index (κ1) is 15.2. The molecule has 0 fully saturated rings. The average molecular weight is 292 g/mol. The minimum Gasteiger partial charge on any atom is -0.450 e. The molecule has 21 heavy (non-hydrogen) atoms. The topological polar surface area (TPSA) is 43.4 Å². The lowest BCUT2D eigenvalue weighted by Gasteiger charge is -2.17. The van der Waals surface area contributed by atoms with Crippen molar-refractivity contribution in [2.24, 2.45) is 0 Å². The Hall–Kier alpha value is -2.22. The highest BCUT2D eigenvalue weighted by Crippen LogP contribution is 2.44. The molecule has 1 aliphatic carbocycles. The van der Waals surface area contributed by atoms with Gasteiger partial charge in [0.2, 0.25) is 5.78 Å². The van der Waals surface area contributed by atoms with Crippen LogP contribution in [0, 0.1) is 11.8 Å². The Labute approximate surface area is 121 Å². The Bertz CT molecular complexity index is 660. The van der Waals surface area contributed by atoms with Crippen LogP contribution in [-0.4, -0.2) is 23.3 Å². The normalized spacial score (nSPS) is 19.5. The second-order valence-electron chi connectivity index (χ2n) is 5.74. The van der Waals surface area contributed by atoms with Crippen molar-refractivity contribution in [2.45, 2.75) is 38.2 Å². The number of fused-ring (bicyclic) bond motifs is 1. The number of benzene rings is 1. The smallest absolute Gasteiger partial charge is 0.384 e. The Balaban J connectivity index is 2.33. The molecule has 0 saturated heterocycles. The van der Waals surface area contributed by atoms with E-state index in [1.165, 1.54) is 18.2 Å². The summed E-state index contributed by atoms with van der Waals surface area (Å²) in [5.74, 6) is -3.16. The lowest BCUT2D eigenvalue weighted by atomic mass is 10.00. The van der Waals surface area contributed by atoms with Gasteiger partial charge < -0.3 is 4.74 Å². The van der Waals surface area contributed by atoms with Crippen LogP contribution in [-0.2, 0) is 9.53 Å². The largest absolute Gasteiger partial charge is 0.450 e. The third-order valence-corrected chi connectivity index (χ3v) is 2.90. The zero-order chi connectivity index (χ0) is 15.8. The summed E-state index contributed by atoms with van der Waals surface area (Å²) >= 11 is 0. The number of hydrogen-bond donors (Lipinski definition) is 0. The van der Waals surface area contributed by atoms with E-state index in [1.54, 1.807) is 26.8 Å². The number of ketones is 1. The van der Waals surface area contributed by atoms with Gasteiger partial charge in [-0.1, -0.05) is 30.2 Å². The molecule has 1 aromatic rings. The van der Waals surface area contributed by atoms with Crippen molar-refractivity contribution in [3.05, 3.63) is 35.4 Å². The maximum Gasteiger partial charge on any atom is 0.384 e. The molecule has 0 heterocycles. The van der Waals surface area contributed by atoms with Crippen molar-refractivity contribution in [3.8, 4) is 11.8 Å². The van der Waals surface area contributed by atoms with Crippen LogP contribution in [0.3, 0.4) is 0 Å². The quantitative estimate of drug-likeness (QED) is 0.419. The third kappa shape index (κ3) is 2.94. The van der Waals surface area contributed by atoms with Crippen LogP contribution in [0.4, 0.5) is 8.78 Å². The second-order valence-corrected chi connectivity index (χ2v) is 5.74. The van der Waals surface area contributed by atoms with Gasteiger partial charge in [0.1, 0.15) is 11.5 Å². The first-order valence-electron chi connectivity index (χ1n) is 6.39. The predicted molar refractivity (Wildman–Crippen MR) is 72.1 cm³/mol. The molecular weight excluding hydrogens is 278 g/mol. The van der Waals surface area contributed by atoms with Crippen LogP contribution in [0.15, 0.2) is 24.3 Å². The molecule has 0 bridgehead atoms. The van der Waals surface area contributed by atoms with Gasteiger partial charge >= 0.3 is 11.9 Å². The summed E-state index contributed by atoms with van der Waals surface area (Å²) in [5.41, 5.74) is -0.660. The highest BCUT2D eigenvalue weighted by atomic mass is 19.3. The molecule has 0 aromatic heterocycles. The number of carbonyl (C=O) groups excluding carboxylic acids is 2. The number of hydrogen-bond acceptors (Lipinski definition) is 3. The zero-order valence-corrected chi connectivity index (χ0v) is 11.9. The molecule has 0 radical (unpaired) electrons. The summed E-state index contributed by atoms with van der Waals surface area (Å²) in [6, 6.07) is 5.81. The van der Waals surface area contributed by atoms with E-state index in [4.69, 9.17) is 4.74 Å². The lowest BCUT2D eigenvalue weighted by molar-refractivity contribution is -0.147. The van der Waals surface area contributed by atoms with Crippen LogP contribution >= 0.6 is 0 Å². The van der Waals surface area contributed by atoms with E-state index in [9.17, 15) is 18.4 Å². The van der Waals surface area contributed by atoms with Crippen LogP contribution in [0.25, 0.3) is 0 Å². The Morgan fingerprint density at radius 1 is 1.29 bits per heavy atom. The highest BCUT2D eigenvalue weighted by molar-refractivity contribution is 6.07. The van der Waals surface area contributed by atoms with Crippen LogP contribution in [0.2, 0.25) is 0 Å². The fourth-order valence-electron chi connectivity index (χ4n) is 2.06. The fraction of sp³-hybridized carbons (Fsp3) is 0.375. The number of ether oxygens (including phenoxy) is 1. The maximum absolute atomic E-state index is 14.0. The molecule has 5 heteroatoms. The lowest BCUT2D eigenvalue weighted by Crippen LogP contribution is -2.28. The molecule has 0 aliphatic heterocycles. The summed E-state index contributed by atoms with van der Waals surface area (Å²) in [4.78, 5) is 23.2. The summed E-state index contributed by atoms with van der Waals surface area (Å²) in [6.07, 6.45) is 0. The molecule has 0 spiro atoms. The number of esters is 1. The highest BCUT2D eigenvalue weighted by Gasteiger charge is 2.54. The van der Waals surface area contributed by atoms with Crippen LogP contribution in [0.1, 0.15) is 42.6 Å². The van der Waals surface area contributed by atoms with Crippen molar-refractivity contribution < 1.29 is 23.1 Å². The maximum atomic E-state index is 14.0. The van der Waals surface area contributed by atoms with Crippen molar-refractivity contribution in [1.29, 1.82) is 0 Å². The molecule has 3 nitrogen and oxygen atoms in total. The van der Waals surface area contributed by atoms with E-state index in [1.807, 2.05) is 0 Å². The Morgan fingerprint density at radius 3 is 2.52 bits per heavy atom. The van der Waals surface area contributed by atoms with Crippen molar-refractivity contribution in [3.63, 3.8) is 0 Å². The summed E-state index contributed by atoms with van der Waals surface area (Å²) < 4.78 is 32.9. The minimum atomic E-state index is -3.63. The van der Waals surface area contributed by atoms with Gasteiger partial charge in [-0.3, -0.25) is 4.79 Å². The van der Waals surface area contributed by atoms with E-state index in [-0.39, 0.29) is 11.1 Å². The minimum absolute atomic E-state index is 0.0500. The van der Waals surface area contributed by atoms with Crippen LogP contribution < -0.4 is 0 Å². The van der Waals surface area contributed by atoms with Crippen LogP contribution in [0.5, 0.6) is 0 Å². The molecule has 0 amide bonds. The summed E-state index contributed by atoms with van der Waals surface area (Å²) in [5, 5.41) is 0. The molecule has 0 saturated carbocycles. The zero-order valence-electron chi connectivity index (χ0n) is 11.9. The van der Waals surface area contributed by atoms with E-state index < -0.39 is 29.2 Å². The summed E-state index contributed by atoms with van der Waals surface area (Å²) in [6.45, 7) is 4.95. The first-order chi connectivity index (χ1) is 9.63. The first-order valence-corrected chi connectivity index (χ1v) is 6.39. The average Bonchev–Trinajstić information content (AvgIpc) is 2.54. The molecule has 1 atom stereocenters.